The van der Waals surface area contributed by atoms with Gasteiger partial charge in [0.2, 0.25) is 0 Å². The van der Waals surface area contributed by atoms with Gasteiger partial charge in [-0.15, -0.1) is 0 Å². The molecule has 0 aromatic heterocycles. The van der Waals surface area contributed by atoms with Gasteiger partial charge < -0.3 is 9.47 Å². The van der Waals surface area contributed by atoms with E-state index in [0.29, 0.717) is 41.2 Å². The van der Waals surface area contributed by atoms with E-state index in [9.17, 15) is 9.59 Å². The molecule has 2 aromatic rings. The molecule has 2 amide bonds. The Bertz CT molecular complexity index is 751. The van der Waals surface area contributed by atoms with E-state index in [1.807, 2.05) is 6.07 Å². The van der Waals surface area contributed by atoms with Crippen LogP contribution in [0.2, 0.25) is 0 Å². The van der Waals surface area contributed by atoms with Crippen LogP contribution in [0.1, 0.15) is 20.7 Å². The van der Waals surface area contributed by atoms with Gasteiger partial charge in [0, 0.05) is 16.3 Å². The lowest BCUT2D eigenvalue weighted by Gasteiger charge is -2.24. The maximum Gasteiger partial charge on any atom is 0.258 e. The fourth-order valence-corrected chi connectivity index (χ4v) is 2.59. The predicted octanol–water partition coefficient (Wildman–Crippen LogP) is 1.49. The van der Waals surface area contributed by atoms with Crippen LogP contribution in [0.15, 0.2) is 24.3 Å². The molecule has 4 rings (SSSR count). The van der Waals surface area contributed by atoms with E-state index in [4.69, 9.17) is 9.47 Å². The van der Waals surface area contributed by atoms with Crippen molar-refractivity contribution in [2.45, 2.75) is 0 Å². The molecule has 2 heterocycles. The van der Waals surface area contributed by atoms with Crippen molar-refractivity contribution in [2.75, 3.05) is 13.2 Å². The maximum absolute atomic E-state index is 11.9. The van der Waals surface area contributed by atoms with Gasteiger partial charge in [-0.1, -0.05) is 12.1 Å². The van der Waals surface area contributed by atoms with Crippen LogP contribution in [0.4, 0.5) is 0 Å². The summed E-state index contributed by atoms with van der Waals surface area (Å²) >= 11 is 0. The zero-order valence-corrected chi connectivity index (χ0v) is 9.86. The normalized spacial score (nSPS) is 16.4. The number of rotatable bonds is 0. The van der Waals surface area contributed by atoms with E-state index >= 15 is 0 Å². The lowest BCUT2D eigenvalue weighted by atomic mass is 9.94. The molecule has 0 spiro atoms. The van der Waals surface area contributed by atoms with Crippen LogP contribution in [0.3, 0.4) is 0 Å². The smallest absolute Gasteiger partial charge is 0.258 e. The highest BCUT2D eigenvalue weighted by atomic mass is 16.6. The molecule has 2 aliphatic rings. The standard InChI is InChI=1S/C14H9NO4/c16-13-8-3-1-2-7-11(8)9(14(17)15-13)6-10-12(7)19-5-4-18-10/h1-3,6H,4-5H2,(H,15,16,17). The van der Waals surface area contributed by atoms with Crippen LogP contribution in [-0.4, -0.2) is 25.0 Å². The Morgan fingerprint density at radius 3 is 2.68 bits per heavy atom. The number of benzene rings is 2. The van der Waals surface area contributed by atoms with Gasteiger partial charge >= 0.3 is 0 Å². The number of imide groups is 1. The van der Waals surface area contributed by atoms with E-state index in [2.05, 4.69) is 5.32 Å². The van der Waals surface area contributed by atoms with Crippen LogP contribution in [0.25, 0.3) is 10.8 Å². The molecule has 0 saturated carbocycles. The summed E-state index contributed by atoms with van der Waals surface area (Å²) in [7, 11) is 0. The molecular weight excluding hydrogens is 246 g/mol. The number of carbonyl (C=O) groups excluding carboxylic acids is 2. The SMILES string of the molecule is O=C1NC(=O)c2cc3c(c4cccc1c24)OCCO3. The van der Waals surface area contributed by atoms with Crippen molar-refractivity contribution >= 4 is 22.6 Å². The van der Waals surface area contributed by atoms with Crippen LogP contribution in [-0.2, 0) is 0 Å². The maximum atomic E-state index is 11.9. The van der Waals surface area contributed by atoms with Crippen LogP contribution in [0.5, 0.6) is 11.5 Å². The molecule has 94 valence electrons. The van der Waals surface area contributed by atoms with Crippen molar-refractivity contribution in [2.24, 2.45) is 0 Å². The molecule has 0 bridgehead atoms. The molecule has 0 atom stereocenters. The number of hydrogen-bond donors (Lipinski definition) is 1. The number of fused-ring (bicyclic) bond motifs is 2. The van der Waals surface area contributed by atoms with Gasteiger partial charge in [-0.3, -0.25) is 14.9 Å². The van der Waals surface area contributed by atoms with Crippen molar-refractivity contribution in [3.05, 3.63) is 35.4 Å². The molecule has 5 nitrogen and oxygen atoms in total. The lowest BCUT2D eigenvalue weighted by molar-refractivity contribution is 0.0844. The fourth-order valence-electron chi connectivity index (χ4n) is 2.59. The zero-order chi connectivity index (χ0) is 13.0. The summed E-state index contributed by atoms with van der Waals surface area (Å²) in [5.74, 6) is 0.384. The zero-order valence-electron chi connectivity index (χ0n) is 9.86. The second-order valence-electron chi connectivity index (χ2n) is 4.46. The summed E-state index contributed by atoms with van der Waals surface area (Å²) in [4.78, 5) is 23.8. The van der Waals surface area contributed by atoms with E-state index in [1.165, 1.54) is 0 Å². The van der Waals surface area contributed by atoms with Gasteiger partial charge in [-0.2, -0.15) is 0 Å². The summed E-state index contributed by atoms with van der Waals surface area (Å²) in [6, 6.07) is 6.95. The second-order valence-corrected chi connectivity index (χ2v) is 4.46. The topological polar surface area (TPSA) is 64.6 Å². The Labute approximate surface area is 108 Å². The molecule has 2 aromatic carbocycles. The molecule has 19 heavy (non-hydrogen) atoms. The molecule has 0 radical (unpaired) electrons. The van der Waals surface area contributed by atoms with Crippen molar-refractivity contribution in [1.82, 2.24) is 5.32 Å². The molecule has 0 fully saturated rings. The lowest BCUT2D eigenvalue weighted by Crippen LogP contribution is -2.35. The fraction of sp³-hybridized carbons (Fsp3) is 0.143. The Hall–Kier alpha value is -2.56. The first-order valence-electron chi connectivity index (χ1n) is 5.97. The molecule has 0 unspecified atom stereocenters. The largest absolute Gasteiger partial charge is 0.486 e. The van der Waals surface area contributed by atoms with Crippen molar-refractivity contribution in [3.8, 4) is 11.5 Å². The van der Waals surface area contributed by atoms with Gasteiger partial charge in [0.05, 0.1) is 5.56 Å². The average Bonchev–Trinajstić information content (AvgIpc) is 2.44. The second kappa shape index (κ2) is 3.47. The van der Waals surface area contributed by atoms with E-state index in [-0.39, 0.29) is 5.91 Å². The van der Waals surface area contributed by atoms with Gasteiger partial charge in [0.15, 0.2) is 11.5 Å². The van der Waals surface area contributed by atoms with E-state index in [0.717, 1.165) is 5.39 Å². The third-order valence-corrected chi connectivity index (χ3v) is 3.38. The number of amides is 2. The summed E-state index contributed by atoms with van der Waals surface area (Å²) in [5, 5.41) is 3.71. The minimum Gasteiger partial charge on any atom is -0.486 e. The Morgan fingerprint density at radius 2 is 1.79 bits per heavy atom. The van der Waals surface area contributed by atoms with Crippen LogP contribution < -0.4 is 14.8 Å². The molecule has 2 aliphatic heterocycles. The third kappa shape index (κ3) is 1.29. The van der Waals surface area contributed by atoms with E-state index < -0.39 is 5.91 Å². The van der Waals surface area contributed by atoms with Gasteiger partial charge in [-0.05, 0) is 12.1 Å². The first-order valence-corrected chi connectivity index (χ1v) is 5.97. The monoisotopic (exact) mass is 255 g/mol. The van der Waals surface area contributed by atoms with Crippen molar-refractivity contribution in [3.63, 3.8) is 0 Å². The Balaban J connectivity index is 2.19. The minimum atomic E-state index is -0.398. The molecular formula is C14H9NO4. The third-order valence-electron chi connectivity index (χ3n) is 3.38. The summed E-state index contributed by atoms with van der Waals surface area (Å²) in [5.41, 5.74) is 0.943. The molecule has 5 heteroatoms. The molecule has 0 saturated heterocycles. The Morgan fingerprint density at radius 1 is 1.00 bits per heavy atom. The van der Waals surface area contributed by atoms with Crippen molar-refractivity contribution < 1.29 is 19.1 Å². The summed E-state index contributed by atoms with van der Waals surface area (Å²) in [6.45, 7) is 0.921. The first kappa shape index (κ1) is 10.4. The highest BCUT2D eigenvalue weighted by molar-refractivity contribution is 6.26. The van der Waals surface area contributed by atoms with Gasteiger partial charge in [0.25, 0.3) is 11.8 Å². The highest BCUT2D eigenvalue weighted by Crippen LogP contribution is 2.41. The van der Waals surface area contributed by atoms with Gasteiger partial charge in [-0.25, -0.2) is 0 Å². The van der Waals surface area contributed by atoms with Gasteiger partial charge in [0.1, 0.15) is 13.2 Å². The number of nitrogens with one attached hydrogen (secondary N) is 1. The first-order chi connectivity index (χ1) is 9.25. The molecule has 1 N–H and O–H groups in total. The number of ether oxygens (including phenoxy) is 2. The highest BCUT2D eigenvalue weighted by Gasteiger charge is 2.29. The quantitative estimate of drug-likeness (QED) is 0.724. The average molecular weight is 255 g/mol. The number of carbonyl (C=O) groups is 2. The minimum absolute atomic E-state index is 0.375. The summed E-state index contributed by atoms with van der Waals surface area (Å²) in [6.07, 6.45) is 0. The predicted molar refractivity (Wildman–Crippen MR) is 66.7 cm³/mol. The number of hydrogen-bond acceptors (Lipinski definition) is 4. The van der Waals surface area contributed by atoms with Crippen LogP contribution in [0, 0.1) is 0 Å². The van der Waals surface area contributed by atoms with Crippen LogP contribution >= 0.6 is 0 Å². The van der Waals surface area contributed by atoms with Crippen molar-refractivity contribution in [1.29, 1.82) is 0 Å². The molecule has 0 aliphatic carbocycles. The van der Waals surface area contributed by atoms with E-state index in [1.54, 1.807) is 18.2 Å². The summed E-state index contributed by atoms with van der Waals surface area (Å²) < 4.78 is 11.1. The Kier molecular flexibility index (Phi) is 1.90.